The van der Waals surface area contributed by atoms with Crippen molar-refractivity contribution >= 4 is 5.82 Å². The molecule has 0 atom stereocenters. The normalized spacial score (nSPS) is 11.6. The van der Waals surface area contributed by atoms with Crippen LogP contribution in [0.3, 0.4) is 0 Å². The molecule has 1 N–H and O–H groups in total. The SMILES string of the molecule is CCNc1nc(CC(F)(F)F)nc(CC)c1C. The number of aromatic nitrogens is 2. The number of alkyl halides is 3. The van der Waals surface area contributed by atoms with Crippen LogP contribution in [0.2, 0.25) is 0 Å². The summed E-state index contributed by atoms with van der Waals surface area (Å²) in [5, 5.41) is 2.96. The largest absolute Gasteiger partial charge is 0.396 e. The summed E-state index contributed by atoms with van der Waals surface area (Å²) in [5.74, 6) is 0.328. The Hall–Kier alpha value is -1.33. The van der Waals surface area contributed by atoms with Crippen molar-refractivity contribution < 1.29 is 13.2 Å². The number of anilines is 1. The van der Waals surface area contributed by atoms with Crippen LogP contribution in [0.1, 0.15) is 30.9 Å². The van der Waals surface area contributed by atoms with Gasteiger partial charge in [-0.15, -0.1) is 0 Å². The number of aryl methyl sites for hydroxylation is 1. The van der Waals surface area contributed by atoms with E-state index in [4.69, 9.17) is 0 Å². The van der Waals surface area contributed by atoms with Gasteiger partial charge in [-0.05, 0) is 20.3 Å². The maximum absolute atomic E-state index is 12.3. The lowest BCUT2D eigenvalue weighted by Gasteiger charge is -2.13. The summed E-state index contributed by atoms with van der Waals surface area (Å²) in [6, 6.07) is 0. The van der Waals surface area contributed by atoms with E-state index in [9.17, 15) is 13.2 Å². The fourth-order valence-electron chi connectivity index (χ4n) is 1.56. The molecule has 1 aromatic rings. The van der Waals surface area contributed by atoms with E-state index >= 15 is 0 Å². The molecular weight excluding hydrogens is 231 g/mol. The van der Waals surface area contributed by atoms with E-state index in [-0.39, 0.29) is 5.82 Å². The lowest BCUT2D eigenvalue weighted by atomic mass is 10.2. The first-order valence-electron chi connectivity index (χ1n) is 5.54. The Kier molecular flexibility index (Phi) is 4.31. The molecule has 3 nitrogen and oxygen atoms in total. The highest BCUT2D eigenvalue weighted by Gasteiger charge is 2.30. The Morgan fingerprint density at radius 3 is 2.29 bits per heavy atom. The van der Waals surface area contributed by atoms with Gasteiger partial charge in [0.2, 0.25) is 0 Å². The van der Waals surface area contributed by atoms with E-state index < -0.39 is 12.6 Å². The van der Waals surface area contributed by atoms with E-state index in [1.807, 2.05) is 20.8 Å². The number of halogens is 3. The lowest BCUT2D eigenvalue weighted by molar-refractivity contribution is -0.128. The van der Waals surface area contributed by atoms with E-state index in [0.717, 1.165) is 5.56 Å². The first-order valence-corrected chi connectivity index (χ1v) is 5.54. The van der Waals surface area contributed by atoms with Crippen LogP contribution in [0.4, 0.5) is 19.0 Å². The molecule has 0 radical (unpaired) electrons. The van der Waals surface area contributed by atoms with Crippen LogP contribution < -0.4 is 5.32 Å². The molecule has 0 aliphatic carbocycles. The van der Waals surface area contributed by atoms with E-state index in [1.54, 1.807) is 0 Å². The maximum atomic E-state index is 12.3. The third-order valence-electron chi connectivity index (χ3n) is 2.33. The van der Waals surface area contributed by atoms with Gasteiger partial charge in [-0.1, -0.05) is 6.92 Å². The number of nitrogens with one attached hydrogen (secondary N) is 1. The molecule has 0 bridgehead atoms. The highest BCUT2D eigenvalue weighted by atomic mass is 19.4. The van der Waals surface area contributed by atoms with Crippen molar-refractivity contribution in [1.29, 1.82) is 0 Å². The molecule has 1 rings (SSSR count). The Labute approximate surface area is 98.5 Å². The molecule has 0 fully saturated rings. The highest BCUT2D eigenvalue weighted by molar-refractivity contribution is 5.45. The fraction of sp³-hybridized carbons (Fsp3) is 0.636. The van der Waals surface area contributed by atoms with Gasteiger partial charge >= 0.3 is 6.18 Å². The zero-order valence-electron chi connectivity index (χ0n) is 10.1. The molecular formula is C11H16F3N3. The number of hydrogen-bond acceptors (Lipinski definition) is 3. The third kappa shape index (κ3) is 3.87. The van der Waals surface area contributed by atoms with Crippen molar-refractivity contribution in [2.75, 3.05) is 11.9 Å². The first-order chi connectivity index (χ1) is 7.87. The predicted octanol–water partition coefficient (Wildman–Crippen LogP) is 2.88. The standard InChI is InChI=1S/C11H16F3N3/c1-4-8-7(3)10(15-5-2)17-9(16-8)6-11(12,13)14/h4-6H2,1-3H3,(H,15,16,17). The van der Waals surface area contributed by atoms with Crippen molar-refractivity contribution in [2.24, 2.45) is 0 Å². The molecule has 96 valence electrons. The van der Waals surface area contributed by atoms with Crippen LogP contribution in [-0.4, -0.2) is 22.7 Å². The van der Waals surface area contributed by atoms with Gasteiger partial charge in [0, 0.05) is 17.8 Å². The van der Waals surface area contributed by atoms with Gasteiger partial charge in [0.25, 0.3) is 0 Å². The second-order valence-electron chi connectivity index (χ2n) is 3.74. The Bertz CT molecular complexity index is 388. The second-order valence-corrected chi connectivity index (χ2v) is 3.74. The summed E-state index contributed by atoms with van der Waals surface area (Å²) in [7, 11) is 0. The van der Waals surface area contributed by atoms with Crippen molar-refractivity contribution in [3.8, 4) is 0 Å². The molecule has 1 aromatic heterocycles. The predicted molar refractivity (Wildman–Crippen MR) is 60.1 cm³/mol. The van der Waals surface area contributed by atoms with Crippen molar-refractivity contribution in [2.45, 2.75) is 39.8 Å². The lowest BCUT2D eigenvalue weighted by Crippen LogP contribution is -2.17. The van der Waals surface area contributed by atoms with Crippen LogP contribution in [0.15, 0.2) is 0 Å². The monoisotopic (exact) mass is 247 g/mol. The average molecular weight is 247 g/mol. The maximum Gasteiger partial charge on any atom is 0.396 e. The van der Waals surface area contributed by atoms with Gasteiger partial charge in [0.15, 0.2) is 0 Å². The zero-order valence-corrected chi connectivity index (χ0v) is 10.1. The van der Waals surface area contributed by atoms with Crippen molar-refractivity contribution in [1.82, 2.24) is 9.97 Å². The topological polar surface area (TPSA) is 37.8 Å². The fourth-order valence-corrected chi connectivity index (χ4v) is 1.56. The molecule has 0 saturated heterocycles. The van der Waals surface area contributed by atoms with Crippen molar-refractivity contribution in [3.63, 3.8) is 0 Å². The minimum Gasteiger partial charge on any atom is -0.370 e. The molecule has 0 saturated carbocycles. The molecule has 17 heavy (non-hydrogen) atoms. The van der Waals surface area contributed by atoms with E-state index in [2.05, 4.69) is 15.3 Å². The van der Waals surface area contributed by atoms with Gasteiger partial charge in [-0.3, -0.25) is 0 Å². The molecule has 6 heteroatoms. The van der Waals surface area contributed by atoms with Crippen LogP contribution in [0.5, 0.6) is 0 Å². The average Bonchev–Trinajstić information content (AvgIpc) is 2.20. The molecule has 0 unspecified atom stereocenters. The Morgan fingerprint density at radius 2 is 1.82 bits per heavy atom. The first kappa shape index (κ1) is 13.7. The van der Waals surface area contributed by atoms with E-state index in [0.29, 0.717) is 24.5 Å². The summed E-state index contributed by atoms with van der Waals surface area (Å²) in [4.78, 5) is 7.86. The third-order valence-corrected chi connectivity index (χ3v) is 2.33. The number of hydrogen-bond donors (Lipinski definition) is 1. The van der Waals surface area contributed by atoms with Crippen LogP contribution in [0.25, 0.3) is 0 Å². The minimum absolute atomic E-state index is 0.170. The van der Waals surface area contributed by atoms with Gasteiger partial charge in [0.1, 0.15) is 18.1 Å². The van der Waals surface area contributed by atoms with Gasteiger partial charge in [-0.2, -0.15) is 13.2 Å². The summed E-state index contributed by atoms with van der Waals surface area (Å²) in [6.45, 7) is 6.17. The second kappa shape index (κ2) is 5.33. The van der Waals surface area contributed by atoms with Crippen LogP contribution >= 0.6 is 0 Å². The van der Waals surface area contributed by atoms with Crippen LogP contribution in [-0.2, 0) is 12.8 Å². The molecule has 0 spiro atoms. The molecule has 0 amide bonds. The molecule has 0 aliphatic heterocycles. The summed E-state index contributed by atoms with van der Waals surface area (Å²) in [6.07, 6.45) is -4.76. The number of rotatable bonds is 4. The van der Waals surface area contributed by atoms with Gasteiger partial charge < -0.3 is 5.32 Å². The minimum atomic E-state index is -4.27. The Morgan fingerprint density at radius 1 is 1.18 bits per heavy atom. The van der Waals surface area contributed by atoms with Gasteiger partial charge in [0.05, 0.1) is 0 Å². The van der Waals surface area contributed by atoms with Gasteiger partial charge in [-0.25, -0.2) is 9.97 Å². The quantitative estimate of drug-likeness (QED) is 0.889. The summed E-state index contributed by atoms with van der Waals surface area (Å²) in [5.41, 5.74) is 1.48. The van der Waals surface area contributed by atoms with E-state index in [1.165, 1.54) is 0 Å². The summed E-state index contributed by atoms with van der Waals surface area (Å²) >= 11 is 0. The summed E-state index contributed by atoms with van der Waals surface area (Å²) < 4.78 is 36.9. The molecule has 0 aliphatic rings. The van der Waals surface area contributed by atoms with Crippen LogP contribution in [0, 0.1) is 6.92 Å². The molecule has 0 aromatic carbocycles. The van der Waals surface area contributed by atoms with Crippen molar-refractivity contribution in [3.05, 3.63) is 17.1 Å². The smallest absolute Gasteiger partial charge is 0.370 e. The highest BCUT2D eigenvalue weighted by Crippen LogP contribution is 2.22. The zero-order chi connectivity index (χ0) is 13.1. The Balaban J connectivity index is 3.11. The number of nitrogens with zero attached hydrogens (tertiary/aromatic N) is 2. The molecule has 1 heterocycles.